The van der Waals surface area contributed by atoms with Gasteiger partial charge in [0, 0.05) is 26.2 Å². The van der Waals surface area contributed by atoms with Gasteiger partial charge in [-0.1, -0.05) is 18.2 Å². The van der Waals surface area contributed by atoms with Crippen LogP contribution in [0.5, 0.6) is 0 Å². The van der Waals surface area contributed by atoms with E-state index in [4.69, 9.17) is 5.11 Å². The molecule has 2 N–H and O–H groups in total. The van der Waals surface area contributed by atoms with Gasteiger partial charge in [0.25, 0.3) is 0 Å². The fraction of sp³-hybridized carbons (Fsp3) is 0.312. The minimum Gasteiger partial charge on any atom is -0.478 e. The maximum atomic E-state index is 11.8. The van der Waals surface area contributed by atoms with Gasteiger partial charge in [-0.05, 0) is 30.0 Å². The predicted octanol–water partition coefficient (Wildman–Crippen LogP) is 1.41. The lowest BCUT2D eigenvalue weighted by Gasteiger charge is -2.07. The smallest absolute Gasteiger partial charge is 0.335 e. The zero-order valence-electron chi connectivity index (χ0n) is 12.5. The molecule has 1 amide bonds. The second-order valence-corrected chi connectivity index (χ2v) is 5.08. The van der Waals surface area contributed by atoms with E-state index in [0.717, 1.165) is 12.0 Å². The number of hydrogen-bond acceptors (Lipinski definition) is 3. The molecule has 0 aliphatic heterocycles. The average molecular weight is 301 g/mol. The van der Waals surface area contributed by atoms with E-state index in [9.17, 15) is 9.59 Å². The molecule has 1 aromatic carbocycles. The summed E-state index contributed by atoms with van der Waals surface area (Å²) >= 11 is 0. The molecule has 2 aromatic rings. The maximum Gasteiger partial charge on any atom is 0.335 e. The second kappa shape index (κ2) is 7.40. The number of nitrogens with one attached hydrogen (secondary N) is 1. The Morgan fingerprint density at radius 3 is 2.73 bits per heavy atom. The molecule has 1 aromatic heterocycles. The molecule has 0 spiro atoms. The molecule has 2 rings (SSSR count). The number of benzene rings is 1. The normalized spacial score (nSPS) is 10.4. The number of aromatic carboxylic acids is 1. The van der Waals surface area contributed by atoms with Crippen LogP contribution in [-0.4, -0.2) is 33.3 Å². The summed E-state index contributed by atoms with van der Waals surface area (Å²) in [6.45, 7) is 0.547. The van der Waals surface area contributed by atoms with Crippen LogP contribution in [0.2, 0.25) is 0 Å². The molecule has 6 heteroatoms. The molecule has 0 radical (unpaired) electrons. The minimum atomic E-state index is -0.965. The molecule has 0 aliphatic carbocycles. The molecule has 6 nitrogen and oxygen atoms in total. The highest BCUT2D eigenvalue weighted by Crippen LogP contribution is 2.11. The SMILES string of the molecule is Cn1cc(CCNC(=O)CCc2ccccc2C(=O)O)cn1. The van der Waals surface area contributed by atoms with Crippen molar-refractivity contribution in [3.63, 3.8) is 0 Å². The number of carboxylic acid groups (broad SMARTS) is 1. The highest BCUT2D eigenvalue weighted by Gasteiger charge is 2.10. The van der Waals surface area contributed by atoms with E-state index in [1.54, 1.807) is 35.1 Å². The Hall–Kier alpha value is -2.63. The summed E-state index contributed by atoms with van der Waals surface area (Å²) in [4.78, 5) is 22.9. The summed E-state index contributed by atoms with van der Waals surface area (Å²) in [5.41, 5.74) is 2.00. The molecule has 22 heavy (non-hydrogen) atoms. The first-order valence-corrected chi connectivity index (χ1v) is 7.11. The van der Waals surface area contributed by atoms with Crippen molar-refractivity contribution in [2.45, 2.75) is 19.3 Å². The number of rotatable bonds is 7. The summed E-state index contributed by atoms with van der Waals surface area (Å²) in [5, 5.41) is 16.0. The molecular weight excluding hydrogens is 282 g/mol. The van der Waals surface area contributed by atoms with Crippen LogP contribution in [0.15, 0.2) is 36.7 Å². The first-order valence-electron chi connectivity index (χ1n) is 7.11. The molecule has 0 saturated carbocycles. The highest BCUT2D eigenvalue weighted by atomic mass is 16.4. The molecule has 0 atom stereocenters. The third kappa shape index (κ3) is 4.44. The Bertz CT molecular complexity index is 664. The third-order valence-corrected chi connectivity index (χ3v) is 3.36. The Morgan fingerprint density at radius 1 is 1.27 bits per heavy atom. The summed E-state index contributed by atoms with van der Waals surface area (Å²) in [6.07, 6.45) is 5.11. The monoisotopic (exact) mass is 301 g/mol. The van der Waals surface area contributed by atoms with E-state index in [1.807, 2.05) is 13.2 Å². The lowest BCUT2D eigenvalue weighted by Crippen LogP contribution is -2.26. The maximum absolute atomic E-state index is 11.8. The Morgan fingerprint density at radius 2 is 2.05 bits per heavy atom. The number of carboxylic acids is 1. The molecule has 116 valence electrons. The van der Waals surface area contributed by atoms with Crippen LogP contribution < -0.4 is 5.32 Å². The second-order valence-electron chi connectivity index (χ2n) is 5.08. The zero-order valence-corrected chi connectivity index (χ0v) is 12.5. The summed E-state index contributed by atoms with van der Waals surface area (Å²) in [5.74, 6) is -1.04. The highest BCUT2D eigenvalue weighted by molar-refractivity contribution is 5.89. The van der Waals surface area contributed by atoms with Gasteiger partial charge >= 0.3 is 5.97 Å². The number of carbonyl (C=O) groups excluding carboxylic acids is 1. The fourth-order valence-electron chi connectivity index (χ4n) is 2.23. The van der Waals surface area contributed by atoms with Gasteiger partial charge in [-0.25, -0.2) is 4.79 Å². The third-order valence-electron chi connectivity index (χ3n) is 3.36. The van der Waals surface area contributed by atoms with Crippen LogP contribution in [0.25, 0.3) is 0 Å². The number of hydrogen-bond donors (Lipinski definition) is 2. The first kappa shape index (κ1) is 15.8. The number of aromatic nitrogens is 2. The molecule has 0 aliphatic rings. The van der Waals surface area contributed by atoms with Gasteiger partial charge in [0.1, 0.15) is 0 Å². The molecular formula is C16H19N3O3. The van der Waals surface area contributed by atoms with E-state index in [0.29, 0.717) is 18.5 Å². The Labute approximate surface area is 128 Å². The predicted molar refractivity (Wildman–Crippen MR) is 81.6 cm³/mol. The van der Waals surface area contributed by atoms with Crippen molar-refractivity contribution in [3.05, 3.63) is 53.3 Å². The van der Waals surface area contributed by atoms with Crippen LogP contribution in [0, 0.1) is 0 Å². The summed E-state index contributed by atoms with van der Waals surface area (Å²) in [6, 6.07) is 6.76. The van der Waals surface area contributed by atoms with E-state index in [2.05, 4.69) is 10.4 Å². The number of aryl methyl sites for hydroxylation is 2. The minimum absolute atomic E-state index is 0.0796. The Balaban J connectivity index is 1.77. The van der Waals surface area contributed by atoms with Crippen LogP contribution in [0.3, 0.4) is 0 Å². The van der Waals surface area contributed by atoms with Crippen molar-refractivity contribution in [2.24, 2.45) is 7.05 Å². The van der Waals surface area contributed by atoms with E-state index >= 15 is 0 Å². The standard InChI is InChI=1S/C16H19N3O3/c1-19-11-12(10-18-19)8-9-17-15(20)7-6-13-4-2-3-5-14(13)16(21)22/h2-5,10-11H,6-9H2,1H3,(H,17,20)(H,21,22). The fourth-order valence-corrected chi connectivity index (χ4v) is 2.23. The van der Waals surface area contributed by atoms with Crippen molar-refractivity contribution < 1.29 is 14.7 Å². The van der Waals surface area contributed by atoms with Gasteiger partial charge in [0.2, 0.25) is 5.91 Å². The quantitative estimate of drug-likeness (QED) is 0.810. The van der Waals surface area contributed by atoms with E-state index < -0.39 is 5.97 Å². The average Bonchev–Trinajstić information content (AvgIpc) is 2.91. The van der Waals surface area contributed by atoms with Gasteiger partial charge in [-0.15, -0.1) is 0 Å². The van der Waals surface area contributed by atoms with Crippen molar-refractivity contribution in [1.82, 2.24) is 15.1 Å². The van der Waals surface area contributed by atoms with Gasteiger partial charge in [0.15, 0.2) is 0 Å². The van der Waals surface area contributed by atoms with Gasteiger partial charge in [-0.3, -0.25) is 9.48 Å². The molecule has 0 unspecified atom stereocenters. The molecule has 0 fully saturated rings. The number of carbonyl (C=O) groups is 2. The zero-order chi connectivity index (χ0) is 15.9. The lowest BCUT2D eigenvalue weighted by molar-refractivity contribution is -0.121. The van der Waals surface area contributed by atoms with E-state index in [-0.39, 0.29) is 17.9 Å². The van der Waals surface area contributed by atoms with Gasteiger partial charge < -0.3 is 10.4 Å². The largest absolute Gasteiger partial charge is 0.478 e. The van der Waals surface area contributed by atoms with Crippen LogP contribution >= 0.6 is 0 Å². The van der Waals surface area contributed by atoms with Crippen LogP contribution in [0.4, 0.5) is 0 Å². The molecule has 0 bridgehead atoms. The summed E-state index contributed by atoms with van der Waals surface area (Å²) in [7, 11) is 1.85. The van der Waals surface area contributed by atoms with Gasteiger partial charge in [0.05, 0.1) is 11.8 Å². The topological polar surface area (TPSA) is 84.2 Å². The van der Waals surface area contributed by atoms with Crippen molar-refractivity contribution in [2.75, 3.05) is 6.54 Å². The summed E-state index contributed by atoms with van der Waals surface area (Å²) < 4.78 is 1.72. The Kier molecular flexibility index (Phi) is 5.30. The first-order chi connectivity index (χ1) is 10.6. The number of amides is 1. The lowest BCUT2D eigenvalue weighted by atomic mass is 10.0. The van der Waals surface area contributed by atoms with Gasteiger partial charge in [-0.2, -0.15) is 5.10 Å². The van der Waals surface area contributed by atoms with Crippen molar-refractivity contribution in [3.8, 4) is 0 Å². The molecule has 1 heterocycles. The van der Waals surface area contributed by atoms with Crippen molar-refractivity contribution >= 4 is 11.9 Å². The molecule has 0 saturated heterocycles. The number of nitrogens with zero attached hydrogens (tertiary/aromatic N) is 2. The van der Waals surface area contributed by atoms with Crippen LogP contribution in [-0.2, 0) is 24.7 Å². The van der Waals surface area contributed by atoms with Crippen molar-refractivity contribution in [1.29, 1.82) is 0 Å². The van der Waals surface area contributed by atoms with E-state index in [1.165, 1.54) is 0 Å². The van der Waals surface area contributed by atoms with Crippen LogP contribution in [0.1, 0.15) is 27.9 Å².